The molecule has 2 aromatic rings. The van der Waals surface area contributed by atoms with Crippen LogP contribution >= 0.6 is 11.6 Å². The number of piperidine rings is 1. The van der Waals surface area contributed by atoms with E-state index in [0.717, 1.165) is 11.5 Å². The van der Waals surface area contributed by atoms with Gasteiger partial charge in [-0.1, -0.05) is 11.6 Å². The molecular formula is C19H21ClN2O. The third kappa shape index (κ3) is 3.62. The Kier molecular flexibility index (Phi) is 4.15. The summed E-state index contributed by atoms with van der Waals surface area (Å²) in [5, 5.41) is 8.06. The first kappa shape index (κ1) is 14.9. The fourth-order valence-corrected chi connectivity index (χ4v) is 3.79. The maximum Gasteiger partial charge on any atom is 0.127 e. The molecule has 0 amide bonds. The average molecular weight is 329 g/mol. The second kappa shape index (κ2) is 6.42. The smallest absolute Gasteiger partial charge is 0.127 e. The Hall–Kier alpha value is -1.71. The second-order valence-electron chi connectivity index (χ2n) is 6.53. The van der Waals surface area contributed by atoms with E-state index in [1.807, 2.05) is 36.4 Å². The highest BCUT2D eigenvalue weighted by Crippen LogP contribution is 2.30. The van der Waals surface area contributed by atoms with Gasteiger partial charge in [-0.15, -0.1) is 0 Å². The van der Waals surface area contributed by atoms with E-state index in [0.29, 0.717) is 23.1 Å². The van der Waals surface area contributed by atoms with E-state index < -0.39 is 0 Å². The summed E-state index contributed by atoms with van der Waals surface area (Å²) in [6, 6.07) is 17.6. The van der Waals surface area contributed by atoms with Crippen LogP contribution in [-0.2, 0) is 0 Å². The molecule has 2 N–H and O–H groups in total. The number of fused-ring (bicyclic) bond motifs is 2. The minimum absolute atomic E-state index is 0.580. The van der Waals surface area contributed by atoms with E-state index >= 15 is 0 Å². The first-order valence-electron chi connectivity index (χ1n) is 8.31. The van der Waals surface area contributed by atoms with Gasteiger partial charge in [-0.25, -0.2) is 0 Å². The topological polar surface area (TPSA) is 33.3 Å². The normalized spacial score (nSPS) is 26.0. The molecule has 4 heteroatoms. The van der Waals surface area contributed by atoms with Crippen LogP contribution in [0.4, 0.5) is 5.69 Å². The molecule has 120 valence electrons. The minimum atomic E-state index is 0.580. The third-order valence-corrected chi connectivity index (χ3v) is 5.00. The summed E-state index contributed by atoms with van der Waals surface area (Å²) in [5.74, 6) is 1.63. The van der Waals surface area contributed by atoms with E-state index in [1.165, 1.54) is 31.4 Å². The summed E-state index contributed by atoms with van der Waals surface area (Å²) in [7, 11) is 0. The van der Waals surface area contributed by atoms with Crippen molar-refractivity contribution in [3.63, 3.8) is 0 Å². The van der Waals surface area contributed by atoms with Crippen LogP contribution in [0.2, 0.25) is 5.02 Å². The lowest BCUT2D eigenvalue weighted by molar-refractivity contribution is 0.378. The number of rotatable bonds is 4. The maximum absolute atomic E-state index is 5.88. The van der Waals surface area contributed by atoms with E-state index in [-0.39, 0.29) is 0 Å². The van der Waals surface area contributed by atoms with Gasteiger partial charge in [0.15, 0.2) is 0 Å². The Bertz CT molecular complexity index is 644. The molecule has 2 atom stereocenters. The third-order valence-electron chi connectivity index (χ3n) is 4.75. The van der Waals surface area contributed by atoms with Crippen LogP contribution in [0.15, 0.2) is 48.5 Å². The van der Waals surface area contributed by atoms with Gasteiger partial charge in [0.25, 0.3) is 0 Å². The summed E-state index contributed by atoms with van der Waals surface area (Å²) in [6.07, 6.45) is 5.10. The van der Waals surface area contributed by atoms with Crippen LogP contribution in [-0.4, -0.2) is 18.1 Å². The van der Waals surface area contributed by atoms with E-state index in [2.05, 4.69) is 22.8 Å². The van der Waals surface area contributed by atoms with Crippen molar-refractivity contribution in [3.05, 3.63) is 53.6 Å². The molecule has 2 unspecified atom stereocenters. The molecule has 0 spiro atoms. The van der Waals surface area contributed by atoms with Crippen molar-refractivity contribution < 1.29 is 4.74 Å². The Morgan fingerprint density at radius 3 is 2.04 bits per heavy atom. The number of anilines is 1. The van der Waals surface area contributed by atoms with E-state index in [9.17, 15) is 0 Å². The van der Waals surface area contributed by atoms with Crippen LogP contribution in [0.25, 0.3) is 0 Å². The quantitative estimate of drug-likeness (QED) is 0.843. The zero-order chi connectivity index (χ0) is 15.6. The molecule has 0 aromatic heterocycles. The zero-order valence-electron chi connectivity index (χ0n) is 13.0. The number of nitrogens with one attached hydrogen (secondary N) is 2. The lowest BCUT2D eigenvalue weighted by Crippen LogP contribution is -2.43. The number of benzene rings is 2. The Balaban J connectivity index is 1.37. The fraction of sp³-hybridized carbons (Fsp3) is 0.368. The van der Waals surface area contributed by atoms with Crippen molar-refractivity contribution >= 4 is 17.3 Å². The largest absolute Gasteiger partial charge is 0.457 e. The molecule has 4 rings (SSSR count). The van der Waals surface area contributed by atoms with Gasteiger partial charge in [-0.05, 0) is 74.2 Å². The lowest BCUT2D eigenvalue weighted by Gasteiger charge is -2.30. The molecule has 2 aromatic carbocycles. The summed E-state index contributed by atoms with van der Waals surface area (Å²) in [6.45, 7) is 0. The molecule has 2 fully saturated rings. The van der Waals surface area contributed by atoms with Gasteiger partial charge < -0.3 is 15.4 Å². The molecule has 2 heterocycles. The van der Waals surface area contributed by atoms with Gasteiger partial charge in [-0.2, -0.15) is 0 Å². The van der Waals surface area contributed by atoms with Gasteiger partial charge in [0.2, 0.25) is 0 Å². The highest BCUT2D eigenvalue weighted by molar-refractivity contribution is 6.30. The predicted molar refractivity (Wildman–Crippen MR) is 94.6 cm³/mol. The number of ether oxygens (including phenoxy) is 1. The monoisotopic (exact) mass is 328 g/mol. The lowest BCUT2D eigenvalue weighted by atomic mass is 9.99. The Labute approximate surface area is 142 Å². The molecule has 2 aliphatic rings. The minimum Gasteiger partial charge on any atom is -0.457 e. The number of hydrogen-bond acceptors (Lipinski definition) is 3. The number of hydrogen-bond donors (Lipinski definition) is 2. The Morgan fingerprint density at radius 2 is 1.43 bits per heavy atom. The highest BCUT2D eigenvalue weighted by atomic mass is 35.5. The molecule has 0 radical (unpaired) electrons. The first-order valence-corrected chi connectivity index (χ1v) is 8.68. The summed E-state index contributed by atoms with van der Waals surface area (Å²) < 4.78 is 5.83. The molecule has 2 saturated heterocycles. The van der Waals surface area contributed by atoms with Crippen molar-refractivity contribution in [2.75, 3.05) is 5.32 Å². The molecule has 0 saturated carbocycles. The predicted octanol–water partition coefficient (Wildman–Crippen LogP) is 4.83. The molecule has 3 nitrogen and oxygen atoms in total. The van der Waals surface area contributed by atoms with Gasteiger partial charge in [0, 0.05) is 28.8 Å². The fourth-order valence-electron chi connectivity index (χ4n) is 3.67. The first-order chi connectivity index (χ1) is 11.2. The summed E-state index contributed by atoms with van der Waals surface area (Å²) in [5.41, 5.74) is 1.17. The standard InChI is InChI=1S/C19H21ClN2O/c20-13-1-7-18(8-2-13)23-19-9-5-14(6-10-19)21-17-11-15-3-4-16(12-17)22-15/h1-2,5-10,15-17,21-22H,3-4,11-12H2. The van der Waals surface area contributed by atoms with Gasteiger partial charge in [0.05, 0.1) is 0 Å². The van der Waals surface area contributed by atoms with E-state index in [4.69, 9.17) is 16.3 Å². The highest BCUT2D eigenvalue weighted by Gasteiger charge is 2.33. The average Bonchev–Trinajstić information content (AvgIpc) is 2.90. The molecule has 2 bridgehead atoms. The van der Waals surface area contributed by atoms with Crippen LogP contribution in [0.5, 0.6) is 11.5 Å². The molecule has 0 aliphatic carbocycles. The van der Waals surface area contributed by atoms with Crippen LogP contribution in [0, 0.1) is 0 Å². The van der Waals surface area contributed by atoms with Gasteiger partial charge in [-0.3, -0.25) is 0 Å². The van der Waals surface area contributed by atoms with Gasteiger partial charge in [0.1, 0.15) is 11.5 Å². The summed E-state index contributed by atoms with van der Waals surface area (Å²) in [4.78, 5) is 0. The SMILES string of the molecule is Clc1ccc(Oc2ccc(NC3CC4CCC(C3)N4)cc2)cc1. The number of halogens is 1. The summed E-state index contributed by atoms with van der Waals surface area (Å²) >= 11 is 5.88. The van der Waals surface area contributed by atoms with Crippen LogP contribution in [0.3, 0.4) is 0 Å². The Morgan fingerprint density at radius 1 is 0.870 bits per heavy atom. The van der Waals surface area contributed by atoms with Crippen molar-refractivity contribution in [3.8, 4) is 11.5 Å². The van der Waals surface area contributed by atoms with Crippen molar-refractivity contribution in [2.24, 2.45) is 0 Å². The van der Waals surface area contributed by atoms with E-state index in [1.54, 1.807) is 0 Å². The van der Waals surface area contributed by atoms with Gasteiger partial charge >= 0.3 is 0 Å². The van der Waals surface area contributed by atoms with Crippen LogP contribution < -0.4 is 15.4 Å². The molecular weight excluding hydrogens is 308 g/mol. The molecule has 2 aliphatic heterocycles. The zero-order valence-corrected chi connectivity index (χ0v) is 13.7. The second-order valence-corrected chi connectivity index (χ2v) is 6.97. The van der Waals surface area contributed by atoms with Crippen molar-refractivity contribution in [2.45, 2.75) is 43.8 Å². The molecule has 23 heavy (non-hydrogen) atoms. The van der Waals surface area contributed by atoms with Crippen molar-refractivity contribution in [1.82, 2.24) is 5.32 Å². The van der Waals surface area contributed by atoms with Crippen molar-refractivity contribution in [1.29, 1.82) is 0 Å². The maximum atomic E-state index is 5.88. The van der Waals surface area contributed by atoms with Crippen LogP contribution in [0.1, 0.15) is 25.7 Å².